The number of hydrogen-bond acceptors (Lipinski definition) is 15. The summed E-state index contributed by atoms with van der Waals surface area (Å²) in [6, 6.07) is -4.00. The monoisotopic (exact) mass is 583 g/mol. The van der Waals surface area contributed by atoms with E-state index in [0.29, 0.717) is 0 Å². The third-order valence-electron chi connectivity index (χ3n) is 7.49. The first-order valence-corrected chi connectivity index (χ1v) is 12.5. The summed E-state index contributed by atoms with van der Waals surface area (Å²) in [7, 11) is 1.44. The van der Waals surface area contributed by atoms with Crippen molar-refractivity contribution in [3.63, 3.8) is 0 Å². The zero-order valence-corrected chi connectivity index (χ0v) is 21.9. The van der Waals surface area contributed by atoms with Crippen molar-refractivity contribution in [2.75, 3.05) is 20.3 Å². The number of likely N-dealkylation sites (N-methyl/N-ethyl adjacent to an activating group) is 1. The number of guanidine groups is 2. The van der Waals surface area contributed by atoms with Crippen molar-refractivity contribution in [1.29, 1.82) is 0 Å². The molecule has 0 radical (unpaired) electrons. The fraction of sp³-hybridized carbons (Fsp3) is 0.905. The Labute approximate surface area is 229 Å². The second-order valence-corrected chi connectivity index (χ2v) is 10.0. The first-order valence-electron chi connectivity index (χ1n) is 12.5. The number of nitrogens with zero attached hydrogens (tertiary/aromatic N) is 2. The van der Waals surface area contributed by atoms with Gasteiger partial charge in [0.15, 0.2) is 24.5 Å². The van der Waals surface area contributed by atoms with Crippen molar-refractivity contribution in [2.24, 2.45) is 32.9 Å². The average molecular weight is 584 g/mol. The van der Waals surface area contributed by atoms with Gasteiger partial charge in [0.05, 0.1) is 25.4 Å². The van der Waals surface area contributed by atoms with Crippen molar-refractivity contribution in [3.05, 3.63) is 0 Å². The first kappa shape index (κ1) is 32.5. The van der Waals surface area contributed by atoms with Crippen LogP contribution >= 0.6 is 0 Å². The van der Waals surface area contributed by atoms with E-state index in [-0.39, 0.29) is 0 Å². The van der Waals surface area contributed by atoms with Crippen LogP contribution in [0.4, 0.5) is 0 Å². The van der Waals surface area contributed by atoms with Crippen molar-refractivity contribution in [1.82, 2.24) is 5.32 Å². The summed E-state index contributed by atoms with van der Waals surface area (Å²) in [4.78, 5) is 7.66. The summed E-state index contributed by atoms with van der Waals surface area (Å²) in [6.07, 6.45) is -16.9. The SMILES string of the molecule is CNC1C(OC2C(OC3C(O)C(O)C(N=C(N)N)C(O)C3N=C(N)N)OC(C)[C@]2(O)CO)OC(CO)C(O)C1O. The molecular formula is C21H41N7O12. The minimum absolute atomic E-state index is 0.493. The van der Waals surface area contributed by atoms with E-state index in [1.165, 1.54) is 14.0 Å². The Kier molecular flexibility index (Phi) is 10.5. The maximum absolute atomic E-state index is 11.3. The molecule has 1 saturated carbocycles. The van der Waals surface area contributed by atoms with Crippen molar-refractivity contribution < 1.29 is 59.8 Å². The van der Waals surface area contributed by atoms with Crippen LogP contribution in [0.2, 0.25) is 0 Å². The predicted octanol–water partition coefficient (Wildman–Crippen LogP) is -8.37. The minimum Gasteiger partial charge on any atom is -0.394 e. The highest BCUT2D eigenvalue weighted by Crippen LogP contribution is 2.39. The number of aliphatic hydroxyl groups excluding tert-OH is 7. The first-order chi connectivity index (χ1) is 18.7. The largest absolute Gasteiger partial charge is 0.394 e. The van der Waals surface area contributed by atoms with Crippen LogP contribution in [0.1, 0.15) is 6.92 Å². The average Bonchev–Trinajstić information content (AvgIpc) is 3.13. The summed E-state index contributed by atoms with van der Waals surface area (Å²) in [5.74, 6) is -1.01. The lowest BCUT2D eigenvalue weighted by Crippen LogP contribution is -2.66. The number of aliphatic imine (C=N–C) groups is 2. The molecule has 0 aromatic carbocycles. The van der Waals surface area contributed by atoms with Gasteiger partial charge in [-0.15, -0.1) is 0 Å². The van der Waals surface area contributed by atoms with E-state index in [4.69, 9.17) is 41.9 Å². The van der Waals surface area contributed by atoms with Gasteiger partial charge in [0, 0.05) is 0 Å². The lowest BCUT2D eigenvalue weighted by atomic mass is 9.81. The molecule has 2 heterocycles. The topological polar surface area (TPSA) is 340 Å². The molecule has 3 rings (SSSR count). The summed E-state index contributed by atoms with van der Waals surface area (Å²) in [5, 5.41) is 87.0. The Morgan fingerprint density at radius 2 is 1.43 bits per heavy atom. The van der Waals surface area contributed by atoms with Gasteiger partial charge in [-0.05, 0) is 14.0 Å². The standard InChI is InChI=1S/C21H41N7O12/c1-5-21(36,4-30)16(40-17-9(26-2)13(34)10(31)6(3-29)38-17)18(37-5)39-15-8(28-20(24)25)11(32)7(27-19(22)23)12(33)14(15)35/h5-18,26,29-36H,3-4H2,1-2H3,(H4,22,23,27)(H4,24,25,28)/t5?,6?,7?,8?,9?,10?,11?,12?,13?,14?,15?,16?,17?,18?,21-/m1/s1. The van der Waals surface area contributed by atoms with Crippen molar-refractivity contribution >= 4 is 11.9 Å². The van der Waals surface area contributed by atoms with Gasteiger partial charge in [-0.1, -0.05) is 0 Å². The van der Waals surface area contributed by atoms with Gasteiger partial charge in [-0.2, -0.15) is 0 Å². The molecular weight excluding hydrogens is 542 g/mol. The number of rotatable bonds is 9. The van der Waals surface area contributed by atoms with Crippen LogP contribution in [0, 0.1) is 0 Å². The molecule has 19 heteroatoms. The molecule has 2 saturated heterocycles. The van der Waals surface area contributed by atoms with E-state index in [9.17, 15) is 40.9 Å². The smallest absolute Gasteiger partial charge is 0.187 e. The van der Waals surface area contributed by atoms with Crippen molar-refractivity contribution in [3.8, 4) is 0 Å². The lowest BCUT2D eigenvalue weighted by Gasteiger charge is -2.45. The molecule has 40 heavy (non-hydrogen) atoms. The van der Waals surface area contributed by atoms with E-state index in [1.807, 2.05) is 0 Å². The Hall–Kier alpha value is -1.98. The third kappa shape index (κ3) is 6.11. The Morgan fingerprint density at radius 3 is 1.95 bits per heavy atom. The molecule has 232 valence electrons. The van der Waals surface area contributed by atoms with Crippen LogP contribution in [-0.4, -0.2) is 164 Å². The third-order valence-corrected chi connectivity index (χ3v) is 7.49. The van der Waals surface area contributed by atoms with Gasteiger partial charge in [0.25, 0.3) is 0 Å². The molecule has 0 amide bonds. The van der Waals surface area contributed by atoms with Gasteiger partial charge < -0.3 is 88.1 Å². The highest BCUT2D eigenvalue weighted by Gasteiger charge is 2.60. The molecule has 19 nitrogen and oxygen atoms in total. The van der Waals surface area contributed by atoms with Gasteiger partial charge in [-0.3, -0.25) is 0 Å². The Bertz CT molecular complexity index is 911. The minimum atomic E-state index is -2.15. The van der Waals surface area contributed by atoms with Crippen LogP contribution in [0.15, 0.2) is 9.98 Å². The zero-order valence-electron chi connectivity index (χ0n) is 21.9. The van der Waals surface area contributed by atoms with E-state index < -0.39 is 116 Å². The van der Waals surface area contributed by atoms with E-state index in [1.54, 1.807) is 0 Å². The van der Waals surface area contributed by atoms with Crippen LogP contribution in [-0.2, 0) is 18.9 Å². The Balaban J connectivity index is 1.96. The second-order valence-electron chi connectivity index (χ2n) is 10.0. The highest BCUT2D eigenvalue weighted by molar-refractivity contribution is 5.76. The molecule has 1 aliphatic carbocycles. The van der Waals surface area contributed by atoms with Crippen LogP contribution in [0.5, 0.6) is 0 Å². The predicted molar refractivity (Wildman–Crippen MR) is 134 cm³/mol. The number of hydrogen-bond donors (Lipinski definition) is 13. The number of nitrogens with one attached hydrogen (secondary N) is 1. The molecule has 14 unspecified atom stereocenters. The fourth-order valence-corrected chi connectivity index (χ4v) is 5.17. The molecule has 0 bridgehead atoms. The van der Waals surface area contributed by atoms with E-state index in [0.717, 1.165) is 0 Å². The summed E-state index contributed by atoms with van der Waals surface area (Å²) < 4.78 is 23.2. The lowest BCUT2D eigenvalue weighted by molar-refractivity contribution is -0.317. The molecule has 0 spiro atoms. The number of aliphatic hydroxyl groups is 8. The van der Waals surface area contributed by atoms with Gasteiger partial charge in [-0.25, -0.2) is 9.98 Å². The zero-order chi connectivity index (χ0) is 30.1. The Morgan fingerprint density at radius 1 is 0.825 bits per heavy atom. The normalized spacial score (nSPS) is 47.5. The summed E-state index contributed by atoms with van der Waals surface area (Å²) in [5.41, 5.74) is 19.7. The van der Waals surface area contributed by atoms with E-state index >= 15 is 0 Å². The molecule has 0 aromatic rings. The summed E-state index contributed by atoms with van der Waals surface area (Å²) in [6.45, 7) is -0.199. The van der Waals surface area contributed by atoms with Gasteiger partial charge in [0.2, 0.25) is 0 Å². The maximum Gasteiger partial charge on any atom is 0.187 e. The molecule has 3 aliphatic rings. The van der Waals surface area contributed by atoms with Crippen molar-refractivity contribution in [2.45, 2.75) is 98.2 Å². The van der Waals surface area contributed by atoms with Crippen LogP contribution in [0.25, 0.3) is 0 Å². The molecule has 2 aliphatic heterocycles. The van der Waals surface area contributed by atoms with Gasteiger partial charge in [0.1, 0.15) is 66.5 Å². The fourth-order valence-electron chi connectivity index (χ4n) is 5.17. The maximum atomic E-state index is 11.3. The van der Waals surface area contributed by atoms with Crippen LogP contribution < -0.4 is 28.3 Å². The quantitative estimate of drug-likeness (QED) is 0.0884. The molecule has 3 fully saturated rings. The molecule has 15 atom stereocenters. The second kappa shape index (κ2) is 12.9. The summed E-state index contributed by atoms with van der Waals surface area (Å²) >= 11 is 0. The van der Waals surface area contributed by atoms with E-state index in [2.05, 4.69) is 15.3 Å². The molecule has 17 N–H and O–H groups in total. The molecule has 0 aromatic heterocycles. The highest BCUT2D eigenvalue weighted by atomic mass is 16.8. The number of nitrogens with two attached hydrogens (primary N) is 4. The van der Waals surface area contributed by atoms with Gasteiger partial charge >= 0.3 is 0 Å². The van der Waals surface area contributed by atoms with Crippen LogP contribution in [0.3, 0.4) is 0 Å². The number of ether oxygens (including phenoxy) is 4.